The molecule has 30 heavy (non-hydrogen) atoms. The number of benzene rings is 1. The number of nitrogens with zero attached hydrogens (tertiary/aromatic N) is 5. The minimum absolute atomic E-state index is 0.247. The van der Waals surface area contributed by atoms with Gasteiger partial charge in [0.15, 0.2) is 11.0 Å². The van der Waals surface area contributed by atoms with Gasteiger partial charge in [0, 0.05) is 17.0 Å². The quantitative estimate of drug-likeness (QED) is 0.293. The second-order valence-electron chi connectivity index (χ2n) is 7.00. The van der Waals surface area contributed by atoms with Crippen LogP contribution in [0.25, 0.3) is 32.0 Å². The number of hydrogen-bond acceptors (Lipinski definition) is 7. The summed E-state index contributed by atoms with van der Waals surface area (Å²) in [5, 5.41) is 15.8. The van der Waals surface area contributed by atoms with E-state index in [2.05, 4.69) is 41.6 Å². The number of aromatic nitrogens is 5. The number of fused-ring (bicyclic) bond motifs is 1. The van der Waals surface area contributed by atoms with Crippen molar-refractivity contribution < 1.29 is 4.39 Å². The summed E-state index contributed by atoms with van der Waals surface area (Å²) in [4.78, 5) is 11.0. The molecule has 9 heteroatoms. The lowest BCUT2D eigenvalue weighted by Crippen LogP contribution is -1.99. The molecule has 0 amide bonds. The Balaban J connectivity index is 1.46. The van der Waals surface area contributed by atoms with Crippen LogP contribution in [0.15, 0.2) is 63.7 Å². The monoisotopic (exact) mass is 451 g/mol. The molecule has 1 aliphatic rings. The molecule has 0 N–H and O–H groups in total. The van der Waals surface area contributed by atoms with Crippen LogP contribution in [0.4, 0.5) is 4.39 Å². The Morgan fingerprint density at radius 3 is 2.67 bits per heavy atom. The molecule has 1 saturated carbocycles. The molecular formula is C21H14FN5S3. The molecule has 0 spiro atoms. The summed E-state index contributed by atoms with van der Waals surface area (Å²) in [6.45, 7) is 0. The minimum atomic E-state index is -0.247. The van der Waals surface area contributed by atoms with Gasteiger partial charge in [0.2, 0.25) is 0 Å². The van der Waals surface area contributed by atoms with Crippen LogP contribution < -0.4 is 0 Å². The number of rotatable bonds is 5. The van der Waals surface area contributed by atoms with E-state index in [1.165, 1.54) is 23.9 Å². The molecule has 6 rings (SSSR count). The summed E-state index contributed by atoms with van der Waals surface area (Å²) in [5.74, 6) is 0.673. The molecule has 148 valence electrons. The molecule has 0 unspecified atom stereocenters. The molecule has 5 nitrogen and oxygen atoms in total. The smallest absolute Gasteiger partial charge is 0.198 e. The van der Waals surface area contributed by atoms with Crippen molar-refractivity contribution in [3.8, 4) is 21.8 Å². The predicted octanol–water partition coefficient (Wildman–Crippen LogP) is 6.30. The van der Waals surface area contributed by atoms with Gasteiger partial charge in [-0.25, -0.2) is 14.4 Å². The zero-order valence-electron chi connectivity index (χ0n) is 15.5. The van der Waals surface area contributed by atoms with E-state index in [1.54, 1.807) is 41.1 Å². The van der Waals surface area contributed by atoms with E-state index in [1.807, 2.05) is 6.07 Å². The topological polar surface area (TPSA) is 56.5 Å². The third-order valence-electron chi connectivity index (χ3n) is 5.00. The fourth-order valence-corrected chi connectivity index (χ4v) is 6.12. The lowest BCUT2D eigenvalue weighted by molar-refractivity contribution is 0.628. The van der Waals surface area contributed by atoms with Crippen molar-refractivity contribution in [1.29, 1.82) is 0 Å². The second-order valence-corrected chi connectivity index (χ2v) is 9.76. The Morgan fingerprint density at radius 2 is 1.90 bits per heavy atom. The second kappa shape index (κ2) is 7.26. The number of hydrogen-bond donors (Lipinski definition) is 0. The van der Waals surface area contributed by atoms with Gasteiger partial charge in [-0.3, -0.25) is 4.57 Å². The van der Waals surface area contributed by atoms with Crippen LogP contribution in [0.2, 0.25) is 0 Å². The minimum Gasteiger partial charge on any atom is -0.298 e. The van der Waals surface area contributed by atoms with E-state index < -0.39 is 0 Å². The Kier molecular flexibility index (Phi) is 4.40. The molecule has 1 aliphatic carbocycles. The summed E-state index contributed by atoms with van der Waals surface area (Å²) >= 11 is 4.76. The molecule has 0 radical (unpaired) electrons. The van der Waals surface area contributed by atoms with Crippen molar-refractivity contribution in [2.45, 2.75) is 29.1 Å². The van der Waals surface area contributed by atoms with Crippen LogP contribution >= 0.6 is 34.4 Å². The summed E-state index contributed by atoms with van der Waals surface area (Å²) < 4.78 is 15.7. The van der Waals surface area contributed by atoms with Crippen molar-refractivity contribution in [1.82, 2.24) is 24.7 Å². The van der Waals surface area contributed by atoms with E-state index in [0.29, 0.717) is 6.04 Å². The van der Waals surface area contributed by atoms with Crippen molar-refractivity contribution >= 4 is 44.7 Å². The third-order valence-corrected chi connectivity index (χ3v) is 7.71. The first-order valence-electron chi connectivity index (χ1n) is 9.43. The standard InChI is InChI=1S/C21H14FN5S3/c22-13-5-3-12(4-6-13)15-10-29-19-17(15)20(24-11-23-19)30-21-26-25-18(16-2-1-9-28-16)27(21)14-7-8-14/h1-6,9-11,14H,7-8H2. The number of halogens is 1. The van der Waals surface area contributed by atoms with Crippen molar-refractivity contribution in [3.63, 3.8) is 0 Å². The molecule has 1 aromatic carbocycles. The van der Waals surface area contributed by atoms with E-state index in [9.17, 15) is 4.39 Å². The maximum absolute atomic E-state index is 13.4. The fourth-order valence-electron chi connectivity index (χ4n) is 3.44. The van der Waals surface area contributed by atoms with Gasteiger partial charge in [0.25, 0.3) is 0 Å². The molecule has 5 aromatic rings. The molecule has 0 atom stereocenters. The molecule has 1 fully saturated rings. The molecular weight excluding hydrogens is 437 g/mol. The normalized spacial score (nSPS) is 13.9. The van der Waals surface area contributed by atoms with Crippen molar-refractivity contribution in [3.05, 3.63) is 59.3 Å². The van der Waals surface area contributed by atoms with Crippen molar-refractivity contribution in [2.75, 3.05) is 0 Å². The molecule has 0 saturated heterocycles. The lowest BCUT2D eigenvalue weighted by Gasteiger charge is -2.08. The Morgan fingerprint density at radius 1 is 1.03 bits per heavy atom. The SMILES string of the molecule is Fc1ccc(-c2csc3ncnc(Sc4nnc(-c5cccs5)n4C4CC4)c23)cc1. The van der Waals surface area contributed by atoms with Gasteiger partial charge < -0.3 is 0 Å². The van der Waals surface area contributed by atoms with E-state index >= 15 is 0 Å². The highest BCUT2D eigenvalue weighted by Gasteiger charge is 2.31. The summed E-state index contributed by atoms with van der Waals surface area (Å²) in [7, 11) is 0. The maximum Gasteiger partial charge on any atom is 0.198 e. The van der Waals surface area contributed by atoms with E-state index in [0.717, 1.165) is 55.1 Å². The van der Waals surface area contributed by atoms with Gasteiger partial charge in [-0.1, -0.05) is 18.2 Å². The number of thiophene rings is 2. The highest BCUT2D eigenvalue weighted by atomic mass is 32.2. The van der Waals surface area contributed by atoms with E-state index in [-0.39, 0.29) is 5.82 Å². The van der Waals surface area contributed by atoms with Gasteiger partial charge in [0.05, 0.1) is 10.3 Å². The van der Waals surface area contributed by atoms with Gasteiger partial charge in [-0.05, 0) is 53.7 Å². The molecule has 4 heterocycles. The Labute approximate surface area is 183 Å². The highest BCUT2D eigenvalue weighted by Crippen LogP contribution is 2.45. The first-order chi connectivity index (χ1) is 14.8. The first kappa shape index (κ1) is 18.2. The summed E-state index contributed by atoms with van der Waals surface area (Å²) in [6, 6.07) is 11.1. The van der Waals surface area contributed by atoms with Crippen LogP contribution in [-0.2, 0) is 0 Å². The average molecular weight is 452 g/mol. The van der Waals surface area contributed by atoms with Crippen LogP contribution in [0.1, 0.15) is 18.9 Å². The Bertz CT molecular complexity index is 1340. The molecule has 0 bridgehead atoms. The zero-order chi connectivity index (χ0) is 20.1. The van der Waals surface area contributed by atoms with Crippen LogP contribution in [0, 0.1) is 5.82 Å². The largest absolute Gasteiger partial charge is 0.298 e. The maximum atomic E-state index is 13.4. The van der Waals surface area contributed by atoms with Crippen molar-refractivity contribution in [2.24, 2.45) is 0 Å². The third kappa shape index (κ3) is 3.13. The van der Waals surface area contributed by atoms with E-state index in [4.69, 9.17) is 0 Å². The fraction of sp³-hybridized carbons (Fsp3) is 0.143. The van der Waals surface area contributed by atoms with Gasteiger partial charge in [-0.2, -0.15) is 0 Å². The average Bonchev–Trinajstić information content (AvgIpc) is 3.16. The van der Waals surface area contributed by atoms with Crippen LogP contribution in [0.3, 0.4) is 0 Å². The zero-order valence-corrected chi connectivity index (χ0v) is 18.0. The van der Waals surface area contributed by atoms with Crippen LogP contribution in [0.5, 0.6) is 0 Å². The Hall–Kier alpha value is -2.62. The lowest BCUT2D eigenvalue weighted by atomic mass is 10.1. The summed E-state index contributed by atoms with van der Waals surface area (Å²) in [5.41, 5.74) is 1.95. The van der Waals surface area contributed by atoms with Gasteiger partial charge in [-0.15, -0.1) is 32.9 Å². The van der Waals surface area contributed by atoms with Gasteiger partial charge in [0.1, 0.15) is 22.0 Å². The van der Waals surface area contributed by atoms with Gasteiger partial charge >= 0.3 is 0 Å². The molecule has 0 aliphatic heterocycles. The predicted molar refractivity (Wildman–Crippen MR) is 119 cm³/mol. The first-order valence-corrected chi connectivity index (χ1v) is 12.0. The highest BCUT2D eigenvalue weighted by molar-refractivity contribution is 7.99. The molecule has 4 aromatic heterocycles. The summed E-state index contributed by atoms with van der Waals surface area (Å²) in [6.07, 6.45) is 3.87. The van der Waals surface area contributed by atoms with Crippen LogP contribution in [-0.4, -0.2) is 24.7 Å².